The third-order valence-corrected chi connectivity index (χ3v) is 3.04. The molecule has 3 nitrogen and oxygen atoms in total. The summed E-state index contributed by atoms with van der Waals surface area (Å²) >= 11 is 0. The number of nitrogen functional groups attached to an aromatic ring is 1. The van der Waals surface area contributed by atoms with Gasteiger partial charge in [0.15, 0.2) is 0 Å². The van der Waals surface area contributed by atoms with Crippen LogP contribution in [-0.4, -0.2) is 4.98 Å². The molecule has 0 saturated carbocycles. The summed E-state index contributed by atoms with van der Waals surface area (Å²) in [5.41, 5.74) is 10.2. The largest absolute Gasteiger partial charge is 0.397 e. The Morgan fingerprint density at radius 1 is 1.22 bits per heavy atom. The maximum absolute atomic E-state index is 5.69. The number of anilines is 2. The number of nitrogens with one attached hydrogen (secondary N) is 1. The van der Waals surface area contributed by atoms with Gasteiger partial charge in [-0.3, -0.25) is 0 Å². The van der Waals surface area contributed by atoms with Gasteiger partial charge in [0.2, 0.25) is 0 Å². The Labute approximate surface area is 108 Å². The fraction of sp³-hybridized carbons (Fsp3) is 0.267. The highest BCUT2D eigenvalue weighted by Gasteiger charge is 2.02. The standard InChI is InChI=1S/C15H19N3/c1-3-12-6-4-5-7-13(12)9-17-15-11(2)8-14(16)10-18-15/h4-8,10H,3,9,16H2,1-2H3,(H,17,18). The summed E-state index contributed by atoms with van der Waals surface area (Å²) in [4.78, 5) is 4.31. The molecule has 18 heavy (non-hydrogen) atoms. The van der Waals surface area contributed by atoms with Crippen LogP contribution in [0.5, 0.6) is 0 Å². The summed E-state index contributed by atoms with van der Waals surface area (Å²) in [7, 11) is 0. The summed E-state index contributed by atoms with van der Waals surface area (Å²) in [6.45, 7) is 4.98. The van der Waals surface area contributed by atoms with Gasteiger partial charge in [0.05, 0.1) is 11.9 Å². The molecule has 0 aliphatic rings. The van der Waals surface area contributed by atoms with Gasteiger partial charge in [0, 0.05) is 6.54 Å². The third kappa shape index (κ3) is 2.80. The first-order valence-corrected chi connectivity index (χ1v) is 6.23. The van der Waals surface area contributed by atoms with E-state index in [4.69, 9.17) is 5.73 Å². The lowest BCUT2D eigenvalue weighted by Crippen LogP contribution is -2.05. The molecular weight excluding hydrogens is 222 g/mol. The van der Waals surface area contributed by atoms with Crippen molar-refractivity contribution in [2.45, 2.75) is 26.8 Å². The van der Waals surface area contributed by atoms with Crippen LogP contribution in [0.3, 0.4) is 0 Å². The number of pyridine rings is 1. The fourth-order valence-corrected chi connectivity index (χ4v) is 2.04. The predicted octanol–water partition coefficient (Wildman–Crippen LogP) is 3.15. The minimum atomic E-state index is 0.701. The smallest absolute Gasteiger partial charge is 0.129 e. The molecule has 0 fully saturated rings. The number of nitrogens with zero attached hydrogens (tertiary/aromatic N) is 1. The second-order valence-electron chi connectivity index (χ2n) is 4.41. The molecule has 0 amide bonds. The molecule has 1 heterocycles. The number of rotatable bonds is 4. The monoisotopic (exact) mass is 241 g/mol. The van der Waals surface area contributed by atoms with E-state index < -0.39 is 0 Å². The molecule has 0 aliphatic carbocycles. The molecule has 94 valence electrons. The second kappa shape index (κ2) is 5.54. The van der Waals surface area contributed by atoms with Gasteiger partial charge in [-0.1, -0.05) is 31.2 Å². The zero-order chi connectivity index (χ0) is 13.0. The van der Waals surface area contributed by atoms with E-state index in [0.29, 0.717) is 5.69 Å². The summed E-state index contributed by atoms with van der Waals surface area (Å²) < 4.78 is 0. The molecule has 0 atom stereocenters. The lowest BCUT2D eigenvalue weighted by Gasteiger charge is -2.11. The van der Waals surface area contributed by atoms with Gasteiger partial charge >= 0.3 is 0 Å². The molecular formula is C15H19N3. The molecule has 3 N–H and O–H groups in total. The van der Waals surface area contributed by atoms with Crippen LogP contribution in [0.25, 0.3) is 0 Å². The summed E-state index contributed by atoms with van der Waals surface area (Å²) in [5, 5.41) is 3.36. The normalized spacial score (nSPS) is 10.3. The van der Waals surface area contributed by atoms with Crippen LogP contribution in [0, 0.1) is 6.92 Å². The topological polar surface area (TPSA) is 50.9 Å². The van der Waals surface area contributed by atoms with Crippen LogP contribution in [0.2, 0.25) is 0 Å². The summed E-state index contributed by atoms with van der Waals surface area (Å²) in [6.07, 6.45) is 2.73. The van der Waals surface area contributed by atoms with Crippen LogP contribution in [-0.2, 0) is 13.0 Å². The molecule has 0 bridgehead atoms. The van der Waals surface area contributed by atoms with Gasteiger partial charge < -0.3 is 11.1 Å². The first kappa shape index (κ1) is 12.4. The quantitative estimate of drug-likeness (QED) is 0.864. The van der Waals surface area contributed by atoms with Crippen molar-refractivity contribution in [2.24, 2.45) is 0 Å². The predicted molar refractivity (Wildman–Crippen MR) is 76.5 cm³/mol. The molecule has 2 aromatic rings. The van der Waals surface area contributed by atoms with Crippen LogP contribution >= 0.6 is 0 Å². The van der Waals surface area contributed by atoms with Crippen molar-refractivity contribution in [2.75, 3.05) is 11.1 Å². The van der Waals surface area contributed by atoms with Crippen LogP contribution in [0.15, 0.2) is 36.5 Å². The highest BCUT2D eigenvalue weighted by molar-refractivity contribution is 5.51. The SMILES string of the molecule is CCc1ccccc1CNc1ncc(N)cc1C. The number of aromatic nitrogens is 1. The van der Waals surface area contributed by atoms with Gasteiger partial charge in [-0.15, -0.1) is 0 Å². The Bertz CT molecular complexity index is 535. The van der Waals surface area contributed by atoms with Crippen molar-refractivity contribution in [1.29, 1.82) is 0 Å². The maximum atomic E-state index is 5.69. The van der Waals surface area contributed by atoms with Crippen LogP contribution in [0.1, 0.15) is 23.6 Å². The molecule has 0 unspecified atom stereocenters. The van der Waals surface area contributed by atoms with Crippen molar-refractivity contribution in [3.63, 3.8) is 0 Å². The molecule has 3 heteroatoms. The van der Waals surface area contributed by atoms with Crippen molar-refractivity contribution in [1.82, 2.24) is 4.98 Å². The van der Waals surface area contributed by atoms with Crippen molar-refractivity contribution < 1.29 is 0 Å². The van der Waals surface area contributed by atoms with Gasteiger partial charge in [0.1, 0.15) is 5.82 Å². The van der Waals surface area contributed by atoms with Crippen molar-refractivity contribution >= 4 is 11.5 Å². The number of nitrogens with two attached hydrogens (primary N) is 1. The molecule has 1 aromatic heterocycles. The van der Waals surface area contributed by atoms with Gasteiger partial charge in [-0.2, -0.15) is 0 Å². The Kier molecular flexibility index (Phi) is 3.82. The Morgan fingerprint density at radius 3 is 2.61 bits per heavy atom. The van der Waals surface area contributed by atoms with E-state index in [2.05, 4.69) is 41.5 Å². The number of hydrogen-bond acceptors (Lipinski definition) is 3. The van der Waals surface area contributed by atoms with E-state index in [1.807, 2.05) is 13.0 Å². The van der Waals surface area contributed by atoms with Gasteiger partial charge in [0.25, 0.3) is 0 Å². The zero-order valence-corrected chi connectivity index (χ0v) is 10.9. The van der Waals surface area contributed by atoms with E-state index in [-0.39, 0.29) is 0 Å². The number of hydrogen-bond donors (Lipinski definition) is 2. The molecule has 0 spiro atoms. The maximum Gasteiger partial charge on any atom is 0.129 e. The summed E-state index contributed by atoms with van der Waals surface area (Å²) in [6, 6.07) is 10.4. The van der Waals surface area contributed by atoms with E-state index in [0.717, 1.165) is 24.3 Å². The lowest BCUT2D eigenvalue weighted by atomic mass is 10.1. The molecule has 1 aromatic carbocycles. The zero-order valence-electron chi connectivity index (χ0n) is 10.9. The van der Waals surface area contributed by atoms with Crippen molar-refractivity contribution in [3.8, 4) is 0 Å². The van der Waals surface area contributed by atoms with Crippen LogP contribution < -0.4 is 11.1 Å². The number of aryl methyl sites for hydroxylation is 2. The minimum Gasteiger partial charge on any atom is -0.397 e. The lowest BCUT2D eigenvalue weighted by molar-refractivity contribution is 1.03. The van der Waals surface area contributed by atoms with Gasteiger partial charge in [-0.05, 0) is 36.1 Å². The Morgan fingerprint density at radius 2 is 1.94 bits per heavy atom. The average molecular weight is 241 g/mol. The molecule has 2 rings (SSSR count). The minimum absolute atomic E-state index is 0.701. The van der Waals surface area contributed by atoms with E-state index in [9.17, 15) is 0 Å². The van der Waals surface area contributed by atoms with E-state index >= 15 is 0 Å². The third-order valence-electron chi connectivity index (χ3n) is 3.04. The molecule has 0 saturated heterocycles. The Balaban J connectivity index is 2.11. The average Bonchev–Trinajstić information content (AvgIpc) is 2.38. The highest BCUT2D eigenvalue weighted by atomic mass is 15.0. The summed E-state index contributed by atoms with van der Waals surface area (Å²) in [5.74, 6) is 0.898. The van der Waals surface area contributed by atoms with E-state index in [1.165, 1.54) is 11.1 Å². The fourth-order valence-electron chi connectivity index (χ4n) is 2.04. The number of benzene rings is 1. The van der Waals surface area contributed by atoms with Crippen molar-refractivity contribution in [3.05, 3.63) is 53.2 Å². The van der Waals surface area contributed by atoms with Gasteiger partial charge in [-0.25, -0.2) is 4.98 Å². The van der Waals surface area contributed by atoms with E-state index in [1.54, 1.807) is 6.20 Å². The van der Waals surface area contributed by atoms with Crippen LogP contribution in [0.4, 0.5) is 11.5 Å². The first-order valence-electron chi connectivity index (χ1n) is 6.23. The molecule has 0 aliphatic heterocycles. The second-order valence-corrected chi connectivity index (χ2v) is 4.41. The highest BCUT2D eigenvalue weighted by Crippen LogP contribution is 2.16. The molecule has 0 radical (unpaired) electrons. The Hall–Kier alpha value is -2.03. The first-order chi connectivity index (χ1) is 8.70.